The molecule has 0 bridgehead atoms. The summed E-state index contributed by atoms with van der Waals surface area (Å²) in [6.07, 6.45) is 0. The van der Waals surface area contributed by atoms with Crippen LogP contribution in [-0.4, -0.2) is 5.16 Å². The Morgan fingerprint density at radius 3 is 1.82 bits per heavy atom. The van der Waals surface area contributed by atoms with Crippen LogP contribution < -0.4 is 4.84 Å². The molecule has 3 rings (SSSR count). The highest BCUT2D eigenvalue weighted by molar-refractivity contribution is 7.78. The quantitative estimate of drug-likeness (QED) is 0.387. The molecule has 0 N–H and O–H groups in total. The molecular formula is C13H8ClNOS. The standard InChI is InChI=1S/C7H4ClNOS.C6H4/c8-6-1-3-7(4-2-6)10-9-5-11;1-2-6-4-3-5(1)6/h1-4H;1-4H. The van der Waals surface area contributed by atoms with Crippen molar-refractivity contribution in [2.24, 2.45) is 5.16 Å². The first-order valence-electron chi connectivity index (χ1n) is 4.90. The predicted octanol–water partition coefficient (Wildman–Crippen LogP) is 4.40. The molecular weight excluding hydrogens is 254 g/mol. The largest absolute Gasteiger partial charge is 0.348 e. The summed E-state index contributed by atoms with van der Waals surface area (Å²) in [6, 6.07) is 15.3. The minimum atomic E-state index is 0.590. The predicted molar refractivity (Wildman–Crippen MR) is 72.5 cm³/mol. The first-order chi connectivity index (χ1) is 8.29. The molecule has 0 saturated carbocycles. The van der Waals surface area contributed by atoms with E-state index in [2.05, 4.69) is 46.8 Å². The first-order valence-corrected chi connectivity index (χ1v) is 5.68. The van der Waals surface area contributed by atoms with Crippen LogP contribution in [0.3, 0.4) is 0 Å². The number of rotatable bonds is 2. The second-order valence-corrected chi connectivity index (χ2v) is 3.92. The molecule has 0 fully saturated rings. The Kier molecular flexibility index (Phi) is 3.89. The Morgan fingerprint density at radius 2 is 1.47 bits per heavy atom. The van der Waals surface area contributed by atoms with Gasteiger partial charge >= 0.3 is 0 Å². The number of nitrogens with zero attached hydrogens (tertiary/aromatic N) is 1. The van der Waals surface area contributed by atoms with Crippen molar-refractivity contribution in [3.05, 3.63) is 53.6 Å². The van der Waals surface area contributed by atoms with E-state index in [0.29, 0.717) is 10.8 Å². The maximum Gasteiger partial charge on any atom is 0.159 e. The van der Waals surface area contributed by atoms with Gasteiger partial charge in [-0.3, -0.25) is 0 Å². The Bertz CT molecular complexity index is 524. The van der Waals surface area contributed by atoms with Gasteiger partial charge in [0.1, 0.15) is 5.16 Å². The lowest BCUT2D eigenvalue weighted by molar-refractivity contribution is 0.345. The first kappa shape index (κ1) is 11.8. The smallest absolute Gasteiger partial charge is 0.159 e. The second kappa shape index (κ2) is 5.60. The molecule has 0 atom stereocenters. The number of hydrogen-bond donors (Lipinski definition) is 0. The van der Waals surface area contributed by atoms with Crippen LogP contribution in [0, 0.1) is 0 Å². The highest BCUT2D eigenvalue weighted by atomic mass is 35.5. The van der Waals surface area contributed by atoms with Crippen molar-refractivity contribution in [1.82, 2.24) is 0 Å². The molecule has 1 aromatic carbocycles. The van der Waals surface area contributed by atoms with E-state index in [1.165, 1.54) is 11.1 Å². The fourth-order valence-corrected chi connectivity index (χ4v) is 1.39. The van der Waals surface area contributed by atoms with Gasteiger partial charge in [-0.15, -0.1) is 0 Å². The molecule has 0 aromatic heterocycles. The Morgan fingerprint density at radius 1 is 0.941 bits per heavy atom. The van der Waals surface area contributed by atoms with Crippen LogP contribution in [-0.2, 0) is 0 Å². The normalized spacial score (nSPS) is 9.47. The Balaban J connectivity index is 0.000000148. The molecule has 0 amide bonds. The van der Waals surface area contributed by atoms with Crippen molar-refractivity contribution in [3.8, 4) is 16.9 Å². The van der Waals surface area contributed by atoms with Gasteiger partial charge in [-0.05, 0) is 52.8 Å². The molecule has 84 valence electrons. The van der Waals surface area contributed by atoms with Crippen LogP contribution in [0.15, 0.2) is 53.7 Å². The summed E-state index contributed by atoms with van der Waals surface area (Å²) >= 11 is 9.93. The molecule has 2 aliphatic rings. The lowest BCUT2D eigenvalue weighted by Crippen LogP contribution is -1.85. The molecule has 0 radical (unpaired) electrons. The van der Waals surface area contributed by atoms with Gasteiger partial charge in [0.15, 0.2) is 5.75 Å². The van der Waals surface area contributed by atoms with Crippen LogP contribution >= 0.6 is 23.8 Å². The number of halogens is 1. The molecule has 2 nitrogen and oxygen atoms in total. The van der Waals surface area contributed by atoms with E-state index >= 15 is 0 Å². The summed E-state index contributed by atoms with van der Waals surface area (Å²) in [5.74, 6) is 0.590. The van der Waals surface area contributed by atoms with Crippen molar-refractivity contribution >= 4 is 29.0 Å². The summed E-state index contributed by atoms with van der Waals surface area (Å²) in [5.41, 5.74) is 2.85. The molecule has 0 aliphatic heterocycles. The molecule has 0 saturated heterocycles. The van der Waals surface area contributed by atoms with E-state index in [9.17, 15) is 0 Å². The van der Waals surface area contributed by atoms with E-state index < -0.39 is 0 Å². The lowest BCUT2D eigenvalue weighted by Gasteiger charge is -2.10. The van der Waals surface area contributed by atoms with E-state index in [4.69, 9.17) is 16.4 Å². The van der Waals surface area contributed by atoms with Gasteiger partial charge < -0.3 is 4.84 Å². The topological polar surface area (TPSA) is 21.6 Å². The summed E-state index contributed by atoms with van der Waals surface area (Å²) in [5, 5.41) is 6.03. The molecule has 1 aromatic rings. The summed E-state index contributed by atoms with van der Waals surface area (Å²) < 4.78 is 0. The monoisotopic (exact) mass is 261 g/mol. The van der Waals surface area contributed by atoms with Crippen LogP contribution in [0.1, 0.15) is 0 Å². The minimum Gasteiger partial charge on any atom is -0.348 e. The minimum absolute atomic E-state index is 0.590. The maximum atomic E-state index is 5.62. The van der Waals surface area contributed by atoms with Gasteiger partial charge in [-0.2, -0.15) is 0 Å². The third-order valence-electron chi connectivity index (χ3n) is 2.22. The van der Waals surface area contributed by atoms with Crippen molar-refractivity contribution in [3.63, 3.8) is 0 Å². The highest BCUT2D eigenvalue weighted by Gasteiger charge is 2.03. The van der Waals surface area contributed by atoms with E-state index in [1.54, 1.807) is 24.3 Å². The fourth-order valence-electron chi connectivity index (χ4n) is 1.23. The Labute approximate surface area is 109 Å². The zero-order valence-electron chi connectivity index (χ0n) is 8.76. The van der Waals surface area contributed by atoms with Gasteiger partial charge in [-0.1, -0.05) is 35.9 Å². The molecule has 0 unspecified atom stereocenters. The highest BCUT2D eigenvalue weighted by Crippen LogP contribution is 2.29. The molecule has 2 aliphatic carbocycles. The number of hydrogen-bond acceptors (Lipinski definition) is 3. The van der Waals surface area contributed by atoms with Crippen LogP contribution in [0.4, 0.5) is 0 Å². The lowest BCUT2D eigenvalue weighted by atomic mass is 9.95. The zero-order valence-corrected chi connectivity index (χ0v) is 10.3. The van der Waals surface area contributed by atoms with Crippen LogP contribution in [0.25, 0.3) is 11.1 Å². The van der Waals surface area contributed by atoms with E-state index in [1.807, 2.05) is 0 Å². The van der Waals surface area contributed by atoms with Crippen molar-refractivity contribution in [2.45, 2.75) is 0 Å². The van der Waals surface area contributed by atoms with Gasteiger partial charge in [0, 0.05) is 5.02 Å². The molecule has 4 heteroatoms. The van der Waals surface area contributed by atoms with Crippen LogP contribution in [0.5, 0.6) is 5.75 Å². The van der Waals surface area contributed by atoms with Gasteiger partial charge in [0.25, 0.3) is 0 Å². The van der Waals surface area contributed by atoms with Crippen LogP contribution in [0.2, 0.25) is 5.02 Å². The number of thiocarbonyl (C=S) groups is 1. The number of isothiocyanates is 1. The number of fused-ring (bicyclic) bond motifs is 1. The van der Waals surface area contributed by atoms with E-state index in [0.717, 1.165) is 0 Å². The third-order valence-corrected chi connectivity index (χ3v) is 2.55. The van der Waals surface area contributed by atoms with Crippen molar-refractivity contribution in [1.29, 1.82) is 0 Å². The number of benzene rings is 2. The average molecular weight is 262 g/mol. The molecule has 0 heterocycles. The maximum absolute atomic E-state index is 5.62. The van der Waals surface area contributed by atoms with Crippen molar-refractivity contribution in [2.75, 3.05) is 0 Å². The third kappa shape index (κ3) is 3.14. The van der Waals surface area contributed by atoms with Gasteiger partial charge in [0.2, 0.25) is 0 Å². The van der Waals surface area contributed by atoms with Gasteiger partial charge in [-0.25, -0.2) is 0 Å². The average Bonchev–Trinajstić information content (AvgIpc) is 2.34. The van der Waals surface area contributed by atoms with Gasteiger partial charge in [0.05, 0.1) is 0 Å². The summed E-state index contributed by atoms with van der Waals surface area (Å²) in [6.45, 7) is 0. The van der Waals surface area contributed by atoms with E-state index in [-0.39, 0.29) is 0 Å². The molecule has 0 spiro atoms. The zero-order chi connectivity index (χ0) is 12.1. The SMILES string of the molecule is S=C=NOc1ccc(Cl)cc1.c1cc2ccc1-2. The second-order valence-electron chi connectivity index (χ2n) is 3.31. The van der Waals surface area contributed by atoms with Crippen molar-refractivity contribution < 1.29 is 4.84 Å². The Hall–Kier alpha value is -1.67. The summed E-state index contributed by atoms with van der Waals surface area (Å²) in [7, 11) is 0. The fraction of sp³-hybridized carbons (Fsp3) is 0. The molecule has 17 heavy (non-hydrogen) atoms. The summed E-state index contributed by atoms with van der Waals surface area (Å²) in [4.78, 5) is 4.76.